The van der Waals surface area contributed by atoms with Crippen molar-refractivity contribution >= 4 is 57.5 Å². The van der Waals surface area contributed by atoms with Gasteiger partial charge in [-0.25, -0.2) is 0 Å². The SMILES string of the molecule is N#CC(C#N)=Cc1ccc(-c2ccc(-c3sc(-c4ccc(C=C(C#N)C#N)s4)c4c3OCCCO4)s2)s1. The fraction of sp³-hybridized carbons (Fsp3) is 0.111. The fourth-order valence-electron chi connectivity index (χ4n) is 3.57. The molecule has 37 heavy (non-hydrogen) atoms. The van der Waals surface area contributed by atoms with Gasteiger partial charge in [0.1, 0.15) is 35.4 Å². The van der Waals surface area contributed by atoms with Crippen LogP contribution in [0, 0.1) is 45.3 Å². The summed E-state index contributed by atoms with van der Waals surface area (Å²) >= 11 is 6.28. The van der Waals surface area contributed by atoms with Crippen LogP contribution in [0.1, 0.15) is 16.2 Å². The maximum absolute atomic E-state index is 9.08. The second kappa shape index (κ2) is 10.8. The van der Waals surface area contributed by atoms with Crippen LogP contribution in [0.3, 0.4) is 0 Å². The molecule has 1 aliphatic heterocycles. The number of nitrogens with zero attached hydrogens (tertiary/aromatic N) is 4. The van der Waals surface area contributed by atoms with Gasteiger partial charge < -0.3 is 9.47 Å². The van der Waals surface area contributed by atoms with E-state index in [0.717, 1.165) is 56.9 Å². The second-order valence-electron chi connectivity index (χ2n) is 7.60. The standard InChI is InChI=1S/C27H14N4O2S4/c28-12-16(13-29)10-18-2-4-20(34-18)21-6-7-23(36-21)27-25-24(32-8-1-9-33-25)26(37-27)22-5-3-19(35-22)11-17(14-30)15-31/h2-7,10-11H,1,8-9H2. The largest absolute Gasteiger partial charge is 0.488 e. The van der Waals surface area contributed by atoms with Gasteiger partial charge in [-0.1, -0.05) is 0 Å². The van der Waals surface area contributed by atoms with Crippen LogP contribution in [0.25, 0.3) is 41.4 Å². The molecule has 0 atom stereocenters. The van der Waals surface area contributed by atoms with Crippen LogP contribution in [0.5, 0.6) is 11.5 Å². The Kier molecular flexibility index (Phi) is 7.19. The molecule has 4 aromatic rings. The van der Waals surface area contributed by atoms with Crippen molar-refractivity contribution in [2.75, 3.05) is 13.2 Å². The van der Waals surface area contributed by atoms with Crippen molar-refractivity contribution < 1.29 is 9.47 Å². The molecule has 4 aromatic heterocycles. The normalized spacial score (nSPS) is 11.8. The first kappa shape index (κ1) is 24.5. The van der Waals surface area contributed by atoms with Crippen LogP contribution in [0.2, 0.25) is 0 Å². The zero-order chi connectivity index (χ0) is 25.8. The molecule has 0 spiro atoms. The van der Waals surface area contributed by atoms with Gasteiger partial charge in [0.25, 0.3) is 0 Å². The second-order valence-corrected chi connectivity index (χ2v) is 11.9. The lowest BCUT2D eigenvalue weighted by Crippen LogP contribution is -1.98. The summed E-state index contributed by atoms with van der Waals surface area (Å²) in [5.74, 6) is 1.48. The minimum Gasteiger partial charge on any atom is -0.488 e. The maximum Gasteiger partial charge on any atom is 0.181 e. The van der Waals surface area contributed by atoms with Gasteiger partial charge in [-0.2, -0.15) is 21.0 Å². The van der Waals surface area contributed by atoms with E-state index in [0.29, 0.717) is 13.2 Å². The van der Waals surface area contributed by atoms with Gasteiger partial charge in [-0.15, -0.1) is 45.3 Å². The van der Waals surface area contributed by atoms with Gasteiger partial charge >= 0.3 is 0 Å². The average molecular weight is 555 g/mol. The molecule has 0 radical (unpaired) electrons. The van der Waals surface area contributed by atoms with E-state index in [4.69, 9.17) is 30.5 Å². The zero-order valence-electron chi connectivity index (χ0n) is 19.0. The van der Waals surface area contributed by atoms with Gasteiger partial charge in [0.15, 0.2) is 11.5 Å². The number of thiophene rings is 4. The van der Waals surface area contributed by atoms with Gasteiger partial charge in [0.05, 0.1) is 23.0 Å². The van der Waals surface area contributed by atoms with E-state index in [9.17, 15) is 0 Å². The fourth-order valence-corrected chi connectivity index (χ4v) is 7.97. The van der Waals surface area contributed by atoms with E-state index in [1.165, 1.54) is 22.7 Å². The highest BCUT2D eigenvalue weighted by Crippen LogP contribution is 2.56. The number of hydrogen-bond donors (Lipinski definition) is 0. The lowest BCUT2D eigenvalue weighted by Gasteiger charge is -2.04. The van der Waals surface area contributed by atoms with Crippen molar-refractivity contribution in [1.29, 1.82) is 21.0 Å². The lowest BCUT2D eigenvalue weighted by atomic mass is 10.2. The summed E-state index contributed by atoms with van der Waals surface area (Å²) in [5.41, 5.74) is 0.142. The smallest absolute Gasteiger partial charge is 0.181 e. The molecule has 10 heteroatoms. The first-order chi connectivity index (χ1) is 18.1. The number of allylic oxidation sites excluding steroid dienone is 2. The molecular weight excluding hydrogens is 541 g/mol. The molecule has 0 aromatic carbocycles. The lowest BCUT2D eigenvalue weighted by molar-refractivity contribution is 0.297. The van der Waals surface area contributed by atoms with Crippen LogP contribution in [0.4, 0.5) is 0 Å². The number of ether oxygens (including phenoxy) is 2. The Bertz CT molecular complexity index is 1690. The molecular formula is C27H14N4O2S4. The van der Waals surface area contributed by atoms with Crippen molar-refractivity contribution in [3.8, 4) is 65.0 Å². The van der Waals surface area contributed by atoms with Crippen LogP contribution < -0.4 is 9.47 Å². The highest BCUT2D eigenvalue weighted by atomic mass is 32.1. The van der Waals surface area contributed by atoms with Gasteiger partial charge in [0, 0.05) is 35.7 Å². The molecule has 6 nitrogen and oxygen atoms in total. The summed E-state index contributed by atoms with van der Waals surface area (Å²) in [6, 6.07) is 19.5. The Morgan fingerprint density at radius 3 is 1.59 bits per heavy atom. The van der Waals surface area contributed by atoms with E-state index in [1.807, 2.05) is 48.5 Å². The topological polar surface area (TPSA) is 114 Å². The third-order valence-corrected chi connectivity index (χ3v) is 10.1. The number of hydrogen-bond acceptors (Lipinski definition) is 10. The molecule has 0 fully saturated rings. The third kappa shape index (κ3) is 5.06. The first-order valence-corrected chi connectivity index (χ1v) is 14.2. The molecule has 0 unspecified atom stereocenters. The van der Waals surface area contributed by atoms with Gasteiger partial charge in [0.2, 0.25) is 0 Å². The van der Waals surface area contributed by atoms with Gasteiger partial charge in [-0.3, -0.25) is 0 Å². The van der Waals surface area contributed by atoms with E-state index < -0.39 is 0 Å². The minimum absolute atomic E-state index is 0.0634. The van der Waals surface area contributed by atoms with Gasteiger partial charge in [-0.05, 0) is 48.6 Å². The molecule has 0 saturated carbocycles. The quantitative estimate of drug-likeness (QED) is 0.231. The molecule has 0 bridgehead atoms. The Morgan fingerprint density at radius 2 is 1.03 bits per heavy atom. The summed E-state index contributed by atoms with van der Waals surface area (Å²) in [6.45, 7) is 1.14. The van der Waals surface area contributed by atoms with E-state index in [-0.39, 0.29) is 11.1 Å². The van der Waals surface area contributed by atoms with Crippen molar-refractivity contribution in [3.63, 3.8) is 0 Å². The number of fused-ring (bicyclic) bond motifs is 1. The Hall–Kier alpha value is -4.16. The molecule has 0 amide bonds. The molecule has 1 aliphatic rings. The van der Waals surface area contributed by atoms with Crippen molar-refractivity contribution in [2.45, 2.75) is 6.42 Å². The summed E-state index contributed by atoms with van der Waals surface area (Å²) in [7, 11) is 0. The summed E-state index contributed by atoms with van der Waals surface area (Å²) < 4.78 is 12.3. The summed E-state index contributed by atoms with van der Waals surface area (Å²) in [6.07, 6.45) is 3.98. The summed E-state index contributed by atoms with van der Waals surface area (Å²) in [4.78, 5) is 7.81. The third-order valence-electron chi connectivity index (χ3n) is 5.21. The molecule has 5 heterocycles. The Balaban J connectivity index is 1.52. The van der Waals surface area contributed by atoms with Crippen molar-refractivity contribution in [1.82, 2.24) is 0 Å². The van der Waals surface area contributed by atoms with Crippen LogP contribution in [-0.2, 0) is 0 Å². The van der Waals surface area contributed by atoms with Crippen LogP contribution in [-0.4, -0.2) is 13.2 Å². The average Bonchev–Trinajstić information content (AvgIpc) is 3.70. The molecule has 0 aliphatic carbocycles. The predicted octanol–water partition coefficient (Wildman–Crippen LogP) is 7.96. The van der Waals surface area contributed by atoms with Crippen LogP contribution in [0.15, 0.2) is 47.5 Å². The molecule has 0 N–H and O–H groups in total. The molecule has 0 saturated heterocycles. The Labute approximate surface area is 229 Å². The predicted molar refractivity (Wildman–Crippen MR) is 148 cm³/mol. The molecule has 5 rings (SSSR count). The first-order valence-electron chi connectivity index (χ1n) is 10.9. The highest BCUT2D eigenvalue weighted by Gasteiger charge is 2.27. The van der Waals surface area contributed by atoms with Crippen LogP contribution >= 0.6 is 45.3 Å². The Morgan fingerprint density at radius 1 is 0.595 bits per heavy atom. The monoisotopic (exact) mass is 554 g/mol. The van der Waals surface area contributed by atoms with Crippen molar-refractivity contribution in [2.24, 2.45) is 0 Å². The summed E-state index contributed by atoms with van der Waals surface area (Å²) in [5, 5.41) is 36.2. The van der Waals surface area contributed by atoms with E-state index >= 15 is 0 Å². The minimum atomic E-state index is 0.0634. The van der Waals surface area contributed by atoms with E-state index in [1.54, 1.807) is 34.8 Å². The van der Waals surface area contributed by atoms with E-state index in [2.05, 4.69) is 12.1 Å². The number of nitriles is 4. The maximum atomic E-state index is 9.08. The van der Waals surface area contributed by atoms with Crippen molar-refractivity contribution in [3.05, 3.63) is 57.3 Å². The number of rotatable bonds is 5. The zero-order valence-corrected chi connectivity index (χ0v) is 22.2. The highest BCUT2D eigenvalue weighted by molar-refractivity contribution is 7.29. The molecule has 178 valence electrons.